The van der Waals surface area contributed by atoms with Gasteiger partial charge < -0.3 is 5.73 Å². The number of pyridine rings is 1. The number of carbonyl (C=O) groups is 2. The van der Waals surface area contributed by atoms with Crippen LogP contribution in [0.4, 0.5) is 18.0 Å². The second-order valence-corrected chi connectivity index (χ2v) is 5.36. The zero-order valence-corrected chi connectivity index (χ0v) is 11.6. The molecule has 0 aliphatic rings. The third-order valence-electron chi connectivity index (χ3n) is 2.04. The summed E-state index contributed by atoms with van der Waals surface area (Å²) in [5.41, 5.74) is 3.79. The molecule has 0 aliphatic carbocycles. The minimum atomic E-state index is -4.55. The molecule has 0 saturated carbocycles. The molecule has 0 fully saturated rings. The Morgan fingerprint density at radius 1 is 1.50 bits per heavy atom. The van der Waals surface area contributed by atoms with E-state index in [0.717, 1.165) is 17.8 Å². The number of rotatable bonds is 3. The molecule has 110 valence electrons. The van der Waals surface area contributed by atoms with Crippen LogP contribution in [0, 0.1) is 0 Å². The summed E-state index contributed by atoms with van der Waals surface area (Å²) in [4.78, 5) is 25.5. The van der Waals surface area contributed by atoms with E-state index >= 15 is 0 Å². The van der Waals surface area contributed by atoms with Gasteiger partial charge in [0.05, 0.1) is 15.8 Å². The molecule has 3 N–H and O–H groups in total. The first-order chi connectivity index (χ1) is 9.11. The van der Waals surface area contributed by atoms with Gasteiger partial charge in [0.1, 0.15) is 5.03 Å². The van der Waals surface area contributed by atoms with Gasteiger partial charge >= 0.3 is 12.2 Å². The van der Waals surface area contributed by atoms with Crippen molar-refractivity contribution in [3.05, 3.63) is 22.8 Å². The summed E-state index contributed by atoms with van der Waals surface area (Å²) in [7, 11) is 0. The van der Waals surface area contributed by atoms with Crippen LogP contribution in [0.3, 0.4) is 0 Å². The lowest BCUT2D eigenvalue weighted by molar-refractivity contribution is -0.137. The Labute approximate surface area is 121 Å². The maximum atomic E-state index is 12.4. The van der Waals surface area contributed by atoms with Gasteiger partial charge in [-0.3, -0.25) is 10.1 Å². The Bertz CT molecular complexity index is 539. The number of nitrogens with two attached hydrogens (primary N) is 1. The molecule has 0 bridgehead atoms. The number of nitrogens with one attached hydrogen (secondary N) is 1. The highest BCUT2D eigenvalue weighted by molar-refractivity contribution is 8.00. The van der Waals surface area contributed by atoms with Crippen molar-refractivity contribution in [3.63, 3.8) is 0 Å². The molecule has 0 unspecified atom stereocenters. The molecule has 0 radical (unpaired) electrons. The van der Waals surface area contributed by atoms with Crippen LogP contribution in [0.25, 0.3) is 0 Å². The fourth-order valence-electron chi connectivity index (χ4n) is 1.11. The minimum Gasteiger partial charge on any atom is -0.351 e. The Morgan fingerprint density at radius 3 is 2.55 bits per heavy atom. The Hall–Kier alpha value is -1.48. The number of amides is 3. The highest BCUT2D eigenvalue weighted by Crippen LogP contribution is 2.34. The predicted molar refractivity (Wildman–Crippen MR) is 67.3 cm³/mol. The van der Waals surface area contributed by atoms with Crippen LogP contribution in [0.1, 0.15) is 12.5 Å². The largest absolute Gasteiger partial charge is 0.417 e. The van der Waals surface area contributed by atoms with E-state index in [-0.39, 0.29) is 10.0 Å². The molecular weight excluding hydrogens is 319 g/mol. The molecule has 1 atom stereocenters. The van der Waals surface area contributed by atoms with Crippen molar-refractivity contribution in [2.75, 3.05) is 0 Å². The molecule has 0 aliphatic heterocycles. The van der Waals surface area contributed by atoms with Gasteiger partial charge in [-0.25, -0.2) is 9.78 Å². The van der Waals surface area contributed by atoms with Crippen LogP contribution in [0.15, 0.2) is 17.3 Å². The molecule has 5 nitrogen and oxygen atoms in total. The molecule has 1 rings (SSSR count). The minimum absolute atomic E-state index is 0.0480. The summed E-state index contributed by atoms with van der Waals surface area (Å²) in [6, 6.07) is -0.302. The van der Waals surface area contributed by atoms with Crippen molar-refractivity contribution in [3.8, 4) is 0 Å². The average Bonchev–Trinajstić information content (AvgIpc) is 2.29. The van der Waals surface area contributed by atoms with Crippen molar-refractivity contribution in [1.29, 1.82) is 0 Å². The average molecular weight is 328 g/mol. The summed E-state index contributed by atoms with van der Waals surface area (Å²) in [6.07, 6.45) is -3.93. The van der Waals surface area contributed by atoms with Crippen molar-refractivity contribution in [2.45, 2.75) is 23.4 Å². The molecular formula is C10H9ClF3N3O2S. The van der Waals surface area contributed by atoms with E-state index in [2.05, 4.69) is 4.98 Å². The third kappa shape index (κ3) is 4.57. The molecule has 1 heterocycles. The van der Waals surface area contributed by atoms with Crippen LogP contribution in [-0.4, -0.2) is 22.2 Å². The van der Waals surface area contributed by atoms with Gasteiger partial charge in [0.15, 0.2) is 0 Å². The molecule has 1 aromatic heterocycles. The maximum Gasteiger partial charge on any atom is 0.417 e. The molecule has 3 amide bonds. The Balaban J connectivity index is 2.84. The Morgan fingerprint density at radius 2 is 2.10 bits per heavy atom. The summed E-state index contributed by atoms with van der Waals surface area (Å²) in [6.45, 7) is 1.43. The van der Waals surface area contributed by atoms with Crippen molar-refractivity contribution in [2.24, 2.45) is 5.73 Å². The number of thioether (sulfide) groups is 1. The van der Waals surface area contributed by atoms with Crippen molar-refractivity contribution >= 4 is 35.3 Å². The highest BCUT2D eigenvalue weighted by Gasteiger charge is 2.32. The topological polar surface area (TPSA) is 85.1 Å². The Kier molecular flexibility index (Phi) is 5.23. The fraction of sp³-hybridized carbons (Fsp3) is 0.300. The molecule has 1 aromatic rings. The van der Waals surface area contributed by atoms with E-state index in [0.29, 0.717) is 6.20 Å². The summed E-state index contributed by atoms with van der Waals surface area (Å²) >= 11 is 6.49. The lowest BCUT2D eigenvalue weighted by Gasteiger charge is -2.12. The van der Waals surface area contributed by atoms with E-state index in [1.807, 2.05) is 5.32 Å². The smallest absolute Gasteiger partial charge is 0.351 e. The standard InChI is InChI=1S/C10H9ClF3N3O2S/c1-4(7(18)17-9(15)19)20-8-6(11)2-5(3-16-8)10(12,13)14/h2-4H,1H3,(H3,15,17,18,19)/t4-/m0/s1. The zero-order chi connectivity index (χ0) is 15.5. The van der Waals surface area contributed by atoms with E-state index in [9.17, 15) is 22.8 Å². The van der Waals surface area contributed by atoms with Gasteiger partial charge in [-0.2, -0.15) is 13.2 Å². The van der Waals surface area contributed by atoms with Crippen molar-refractivity contribution < 1.29 is 22.8 Å². The second kappa shape index (κ2) is 6.31. The number of urea groups is 1. The highest BCUT2D eigenvalue weighted by atomic mass is 35.5. The van der Waals surface area contributed by atoms with Gasteiger partial charge in [-0.1, -0.05) is 23.4 Å². The molecule has 10 heteroatoms. The summed E-state index contributed by atoms with van der Waals surface area (Å²) in [5, 5.41) is 0.860. The second-order valence-electron chi connectivity index (χ2n) is 3.62. The van der Waals surface area contributed by atoms with Crippen LogP contribution in [-0.2, 0) is 11.0 Å². The lowest BCUT2D eigenvalue weighted by Crippen LogP contribution is -2.39. The number of nitrogens with zero attached hydrogens (tertiary/aromatic N) is 1. The monoisotopic (exact) mass is 327 g/mol. The summed E-state index contributed by atoms with van der Waals surface area (Å²) < 4.78 is 37.2. The number of primary amides is 1. The van der Waals surface area contributed by atoms with Crippen LogP contribution in [0.5, 0.6) is 0 Å². The number of halogens is 4. The third-order valence-corrected chi connectivity index (χ3v) is 3.56. The van der Waals surface area contributed by atoms with E-state index in [4.69, 9.17) is 17.3 Å². The normalized spacial score (nSPS) is 12.8. The molecule has 0 aromatic carbocycles. The van der Waals surface area contributed by atoms with Crippen LogP contribution in [0.2, 0.25) is 5.02 Å². The van der Waals surface area contributed by atoms with E-state index < -0.39 is 28.9 Å². The quantitative estimate of drug-likeness (QED) is 0.835. The van der Waals surface area contributed by atoms with Gasteiger partial charge in [-0.05, 0) is 13.0 Å². The first kappa shape index (κ1) is 16.6. The van der Waals surface area contributed by atoms with Gasteiger partial charge in [0.2, 0.25) is 5.91 Å². The first-order valence-corrected chi connectivity index (χ1v) is 6.36. The molecule has 20 heavy (non-hydrogen) atoms. The van der Waals surface area contributed by atoms with Crippen LogP contribution < -0.4 is 11.1 Å². The van der Waals surface area contributed by atoms with Gasteiger partial charge in [0, 0.05) is 6.20 Å². The summed E-state index contributed by atoms with van der Waals surface area (Å²) in [5.74, 6) is -0.694. The number of hydrogen-bond donors (Lipinski definition) is 2. The number of alkyl halides is 3. The van der Waals surface area contributed by atoms with Crippen molar-refractivity contribution in [1.82, 2.24) is 10.3 Å². The van der Waals surface area contributed by atoms with Gasteiger partial charge in [0.25, 0.3) is 0 Å². The fourth-order valence-corrected chi connectivity index (χ4v) is 2.20. The first-order valence-electron chi connectivity index (χ1n) is 5.11. The number of hydrogen-bond acceptors (Lipinski definition) is 4. The SMILES string of the molecule is C[C@H](Sc1ncc(C(F)(F)F)cc1Cl)C(=O)NC(N)=O. The number of aromatic nitrogens is 1. The number of imide groups is 1. The van der Waals surface area contributed by atoms with E-state index in [1.165, 1.54) is 6.92 Å². The van der Waals surface area contributed by atoms with Crippen LogP contribution >= 0.6 is 23.4 Å². The van der Waals surface area contributed by atoms with Gasteiger partial charge in [-0.15, -0.1) is 0 Å². The lowest BCUT2D eigenvalue weighted by atomic mass is 10.3. The van der Waals surface area contributed by atoms with E-state index in [1.54, 1.807) is 0 Å². The molecule has 0 saturated heterocycles. The number of carbonyl (C=O) groups excluding carboxylic acids is 2. The molecule has 0 spiro atoms. The zero-order valence-electron chi connectivity index (χ0n) is 9.99. The maximum absolute atomic E-state index is 12.4. The predicted octanol–water partition coefficient (Wildman–Crippen LogP) is 2.43.